The summed E-state index contributed by atoms with van der Waals surface area (Å²) in [4.78, 5) is 14.1. The largest absolute Gasteiger partial charge is 0.360 e. The number of anilines is 1. The Labute approximate surface area is 156 Å². The number of rotatable bonds is 5. The van der Waals surface area contributed by atoms with Gasteiger partial charge in [0.15, 0.2) is 5.82 Å². The van der Waals surface area contributed by atoms with Crippen molar-refractivity contribution in [3.05, 3.63) is 41.1 Å². The molecule has 1 fully saturated rings. The first kappa shape index (κ1) is 18.8. The fraction of sp³-hybridized carbons (Fsp3) is 0.375. The number of carbonyl (C=O) groups is 1. The first-order valence-electron chi connectivity index (χ1n) is 8.06. The lowest BCUT2D eigenvalue weighted by Gasteiger charge is -2.33. The van der Waals surface area contributed by atoms with Gasteiger partial charge in [0, 0.05) is 37.3 Å². The molecule has 140 valence electrons. The Hall–Kier alpha value is -1.94. The molecule has 1 N–H and O–H groups in total. The number of aryl methyl sites for hydroxylation is 1. The first-order chi connectivity index (χ1) is 12.3. The lowest BCUT2D eigenvalue weighted by atomic mass is 10.3. The van der Waals surface area contributed by atoms with Crippen molar-refractivity contribution in [2.45, 2.75) is 11.8 Å². The van der Waals surface area contributed by atoms with Gasteiger partial charge in [0.05, 0.1) is 11.4 Å². The van der Waals surface area contributed by atoms with Gasteiger partial charge in [-0.15, -0.1) is 0 Å². The zero-order valence-corrected chi connectivity index (χ0v) is 15.8. The van der Waals surface area contributed by atoms with Crippen molar-refractivity contribution in [3.8, 4) is 0 Å². The van der Waals surface area contributed by atoms with Crippen LogP contribution in [0.3, 0.4) is 0 Å². The second kappa shape index (κ2) is 7.75. The van der Waals surface area contributed by atoms with Gasteiger partial charge in [-0.2, -0.15) is 4.31 Å². The highest BCUT2D eigenvalue weighted by atomic mass is 35.5. The number of benzene rings is 1. The van der Waals surface area contributed by atoms with E-state index in [1.54, 1.807) is 25.1 Å². The number of carbonyl (C=O) groups excluding carboxylic acids is 1. The summed E-state index contributed by atoms with van der Waals surface area (Å²) in [6.45, 7) is 3.45. The summed E-state index contributed by atoms with van der Waals surface area (Å²) in [5.74, 6) is 0.763. The van der Waals surface area contributed by atoms with Gasteiger partial charge in [-0.25, -0.2) is 8.42 Å². The average Bonchev–Trinajstić information content (AvgIpc) is 3.00. The number of sulfonamides is 1. The molecule has 1 aliphatic heterocycles. The van der Waals surface area contributed by atoms with Crippen molar-refractivity contribution in [2.75, 3.05) is 38.0 Å². The number of hydrogen-bond acceptors (Lipinski definition) is 6. The van der Waals surface area contributed by atoms with E-state index >= 15 is 0 Å². The van der Waals surface area contributed by atoms with Gasteiger partial charge in [-0.05, 0) is 25.1 Å². The van der Waals surface area contributed by atoms with Crippen LogP contribution in [0.25, 0.3) is 0 Å². The van der Waals surface area contributed by atoms with Gasteiger partial charge in [0.25, 0.3) is 0 Å². The maximum atomic E-state index is 12.7. The molecule has 1 aromatic carbocycles. The zero-order valence-electron chi connectivity index (χ0n) is 14.2. The van der Waals surface area contributed by atoms with E-state index in [0.717, 1.165) is 0 Å². The van der Waals surface area contributed by atoms with E-state index in [0.29, 0.717) is 42.8 Å². The molecule has 0 spiro atoms. The summed E-state index contributed by atoms with van der Waals surface area (Å²) in [6, 6.07) is 7.85. The highest BCUT2D eigenvalue weighted by molar-refractivity contribution is 7.89. The third-order valence-corrected chi connectivity index (χ3v) is 6.16. The number of nitrogens with zero attached hydrogens (tertiary/aromatic N) is 3. The van der Waals surface area contributed by atoms with Gasteiger partial charge in [0.2, 0.25) is 15.9 Å². The van der Waals surface area contributed by atoms with E-state index in [-0.39, 0.29) is 17.3 Å². The fourth-order valence-corrected chi connectivity index (χ4v) is 4.44. The van der Waals surface area contributed by atoms with Crippen molar-refractivity contribution in [2.24, 2.45) is 0 Å². The summed E-state index contributed by atoms with van der Waals surface area (Å²) in [5, 5.41) is 6.74. The predicted molar refractivity (Wildman–Crippen MR) is 96.5 cm³/mol. The van der Waals surface area contributed by atoms with Crippen LogP contribution in [0.4, 0.5) is 5.82 Å². The number of aromatic nitrogens is 1. The topological polar surface area (TPSA) is 95.8 Å². The lowest BCUT2D eigenvalue weighted by molar-refractivity contribution is -0.117. The van der Waals surface area contributed by atoms with Crippen LogP contribution >= 0.6 is 11.6 Å². The molecule has 0 radical (unpaired) electrons. The molecule has 1 saturated heterocycles. The highest BCUT2D eigenvalue weighted by Crippen LogP contribution is 2.20. The minimum absolute atomic E-state index is 0.164. The molecule has 26 heavy (non-hydrogen) atoms. The number of hydrogen-bond donors (Lipinski definition) is 1. The van der Waals surface area contributed by atoms with Crippen molar-refractivity contribution in [3.63, 3.8) is 0 Å². The monoisotopic (exact) mass is 398 g/mol. The molecule has 1 amide bonds. The van der Waals surface area contributed by atoms with Gasteiger partial charge in [0.1, 0.15) is 5.76 Å². The molecule has 0 saturated carbocycles. The molecule has 3 rings (SSSR count). The molecular weight excluding hydrogens is 380 g/mol. The molecule has 1 aliphatic rings. The van der Waals surface area contributed by atoms with E-state index < -0.39 is 10.0 Å². The smallest absolute Gasteiger partial charge is 0.243 e. The number of piperazine rings is 1. The van der Waals surface area contributed by atoms with Gasteiger partial charge < -0.3 is 9.84 Å². The molecule has 0 bridgehead atoms. The van der Waals surface area contributed by atoms with E-state index in [9.17, 15) is 13.2 Å². The molecule has 0 aliphatic carbocycles. The van der Waals surface area contributed by atoms with E-state index in [2.05, 4.69) is 10.5 Å². The van der Waals surface area contributed by atoms with E-state index in [4.69, 9.17) is 16.1 Å². The van der Waals surface area contributed by atoms with Crippen molar-refractivity contribution in [1.29, 1.82) is 0 Å². The summed E-state index contributed by atoms with van der Waals surface area (Å²) in [5.41, 5.74) is 0. The van der Waals surface area contributed by atoms with Crippen LogP contribution in [-0.2, 0) is 14.8 Å². The van der Waals surface area contributed by atoms with Crippen LogP contribution in [0.1, 0.15) is 5.76 Å². The normalized spacial score (nSPS) is 16.5. The van der Waals surface area contributed by atoms with Crippen molar-refractivity contribution in [1.82, 2.24) is 14.4 Å². The van der Waals surface area contributed by atoms with E-state index in [1.807, 2.05) is 4.90 Å². The van der Waals surface area contributed by atoms with Gasteiger partial charge in [-0.1, -0.05) is 22.8 Å². The fourth-order valence-electron chi connectivity index (χ4n) is 2.72. The van der Waals surface area contributed by atoms with Crippen LogP contribution in [0.5, 0.6) is 0 Å². The Morgan fingerprint density at radius 1 is 1.27 bits per heavy atom. The Morgan fingerprint density at radius 3 is 2.62 bits per heavy atom. The summed E-state index contributed by atoms with van der Waals surface area (Å²) in [6.07, 6.45) is 0. The Kier molecular flexibility index (Phi) is 5.61. The molecule has 0 unspecified atom stereocenters. The first-order valence-corrected chi connectivity index (χ1v) is 9.87. The predicted octanol–water partition coefficient (Wildman–Crippen LogP) is 1.58. The van der Waals surface area contributed by atoms with Gasteiger partial charge >= 0.3 is 0 Å². The van der Waals surface area contributed by atoms with Crippen LogP contribution in [0.15, 0.2) is 39.8 Å². The molecule has 0 atom stereocenters. The van der Waals surface area contributed by atoms with Crippen LogP contribution in [0, 0.1) is 6.92 Å². The number of nitrogens with one attached hydrogen (secondary N) is 1. The third-order valence-electron chi connectivity index (χ3n) is 4.03. The van der Waals surface area contributed by atoms with Crippen molar-refractivity contribution < 1.29 is 17.7 Å². The third kappa shape index (κ3) is 4.42. The number of halogens is 1. The van der Waals surface area contributed by atoms with Crippen LogP contribution < -0.4 is 5.32 Å². The van der Waals surface area contributed by atoms with Gasteiger partial charge in [-0.3, -0.25) is 9.69 Å². The SMILES string of the molecule is Cc1cc(NC(=O)CN2CCN(S(=O)(=O)c3cccc(Cl)c3)CC2)no1. The van der Waals surface area contributed by atoms with Crippen LogP contribution in [-0.4, -0.2) is 61.4 Å². The maximum absolute atomic E-state index is 12.7. The van der Waals surface area contributed by atoms with Crippen LogP contribution in [0.2, 0.25) is 5.02 Å². The lowest BCUT2D eigenvalue weighted by Crippen LogP contribution is -2.50. The molecule has 10 heteroatoms. The molecule has 8 nitrogen and oxygen atoms in total. The Balaban J connectivity index is 1.54. The Morgan fingerprint density at radius 2 is 2.00 bits per heavy atom. The summed E-state index contributed by atoms with van der Waals surface area (Å²) < 4.78 is 31.6. The minimum Gasteiger partial charge on any atom is -0.360 e. The van der Waals surface area contributed by atoms with E-state index in [1.165, 1.54) is 16.4 Å². The molecule has 2 aromatic rings. The Bertz CT molecular complexity index is 891. The summed E-state index contributed by atoms with van der Waals surface area (Å²) >= 11 is 5.89. The highest BCUT2D eigenvalue weighted by Gasteiger charge is 2.29. The zero-order chi connectivity index (χ0) is 18.7. The second-order valence-electron chi connectivity index (χ2n) is 6.01. The minimum atomic E-state index is -3.58. The average molecular weight is 399 g/mol. The molecule has 1 aromatic heterocycles. The standard InChI is InChI=1S/C16H19ClN4O4S/c1-12-9-15(19-25-12)18-16(22)11-20-5-7-21(8-6-20)26(23,24)14-4-2-3-13(17)10-14/h2-4,9-10H,5-8,11H2,1H3,(H,18,19,22). The number of amides is 1. The molecular formula is C16H19ClN4O4S. The maximum Gasteiger partial charge on any atom is 0.243 e. The molecule has 2 heterocycles. The van der Waals surface area contributed by atoms with Crippen molar-refractivity contribution >= 4 is 33.3 Å². The summed E-state index contributed by atoms with van der Waals surface area (Å²) in [7, 11) is -3.58. The second-order valence-corrected chi connectivity index (χ2v) is 8.38. The quantitative estimate of drug-likeness (QED) is 0.821.